The van der Waals surface area contributed by atoms with Gasteiger partial charge in [-0.05, 0) is 17.7 Å². The minimum Gasteiger partial charge on any atom is -0.256 e. The molecule has 1 heterocycles. The van der Waals surface area contributed by atoms with Crippen LogP contribution in [0.1, 0.15) is 11.6 Å². The van der Waals surface area contributed by atoms with Gasteiger partial charge in [-0.1, -0.05) is 12.1 Å². The molecular weight excluding hydrogens is 181 g/mol. The zero-order valence-electron chi connectivity index (χ0n) is 7.50. The fraction of sp³-hybridized carbons (Fsp3) is 0.300. The second-order valence-corrected chi connectivity index (χ2v) is 3.29. The van der Waals surface area contributed by atoms with E-state index in [1.807, 2.05) is 0 Å². The van der Waals surface area contributed by atoms with E-state index in [-0.39, 0.29) is 17.8 Å². The van der Waals surface area contributed by atoms with Gasteiger partial charge in [0.2, 0.25) is 0 Å². The number of nitriles is 1. The number of nitrogens with zero attached hydrogens (tertiary/aromatic N) is 1. The predicted octanol–water partition coefficient (Wildman–Crippen LogP) is 1.11. The summed E-state index contributed by atoms with van der Waals surface area (Å²) in [5, 5.41) is 8.85. The van der Waals surface area contributed by atoms with Crippen LogP contribution in [0.3, 0.4) is 0 Å². The molecule has 1 aliphatic rings. The minimum atomic E-state index is -0.256. The highest BCUT2D eigenvalue weighted by Gasteiger charge is 2.27. The molecule has 14 heavy (non-hydrogen) atoms. The molecule has 2 unspecified atom stereocenters. The lowest BCUT2D eigenvalue weighted by Gasteiger charge is -2.12. The first-order valence-electron chi connectivity index (χ1n) is 4.45. The van der Waals surface area contributed by atoms with Gasteiger partial charge in [0.1, 0.15) is 5.82 Å². The molecule has 0 aliphatic carbocycles. The van der Waals surface area contributed by atoms with Crippen molar-refractivity contribution >= 4 is 0 Å². The van der Waals surface area contributed by atoms with Crippen molar-refractivity contribution in [3.63, 3.8) is 0 Å². The van der Waals surface area contributed by atoms with Crippen LogP contribution in [-0.4, -0.2) is 6.54 Å². The summed E-state index contributed by atoms with van der Waals surface area (Å²) in [5.74, 6) is -0.353. The molecule has 2 N–H and O–H groups in total. The van der Waals surface area contributed by atoms with Crippen LogP contribution >= 0.6 is 0 Å². The standard InChI is InChI=1S/C10H10FN3/c11-9-3-1-7(2-4-9)10-8(5-12)6-13-14-10/h1-4,8,10,13-14H,6H2. The Morgan fingerprint density at radius 1 is 1.36 bits per heavy atom. The van der Waals surface area contributed by atoms with Crippen molar-refractivity contribution in [1.29, 1.82) is 5.26 Å². The summed E-state index contributed by atoms with van der Waals surface area (Å²) in [7, 11) is 0. The van der Waals surface area contributed by atoms with Crippen LogP contribution in [0, 0.1) is 23.1 Å². The Hall–Kier alpha value is -1.44. The summed E-state index contributed by atoms with van der Waals surface area (Å²) < 4.78 is 12.7. The maximum Gasteiger partial charge on any atom is 0.123 e. The molecule has 1 fully saturated rings. The molecule has 0 aromatic heterocycles. The van der Waals surface area contributed by atoms with Gasteiger partial charge < -0.3 is 0 Å². The third-order valence-electron chi connectivity index (χ3n) is 2.38. The molecule has 3 nitrogen and oxygen atoms in total. The average molecular weight is 191 g/mol. The van der Waals surface area contributed by atoms with Crippen molar-refractivity contribution in [3.05, 3.63) is 35.6 Å². The summed E-state index contributed by atoms with van der Waals surface area (Å²) in [6.07, 6.45) is 0. The summed E-state index contributed by atoms with van der Waals surface area (Å²) in [6, 6.07) is 8.38. The first-order chi connectivity index (χ1) is 6.81. The fourth-order valence-electron chi connectivity index (χ4n) is 1.60. The van der Waals surface area contributed by atoms with Crippen LogP contribution in [0.2, 0.25) is 0 Å². The number of halogens is 1. The monoisotopic (exact) mass is 191 g/mol. The molecule has 72 valence electrons. The molecule has 0 saturated carbocycles. The number of hydrazine groups is 1. The summed E-state index contributed by atoms with van der Waals surface area (Å²) >= 11 is 0. The van der Waals surface area contributed by atoms with Crippen molar-refractivity contribution < 1.29 is 4.39 Å². The normalized spacial score (nSPS) is 26.0. The smallest absolute Gasteiger partial charge is 0.123 e. The third-order valence-corrected chi connectivity index (χ3v) is 2.38. The van der Waals surface area contributed by atoms with E-state index in [0.717, 1.165) is 5.56 Å². The first kappa shape index (κ1) is 9.13. The third kappa shape index (κ3) is 1.60. The molecule has 0 amide bonds. The van der Waals surface area contributed by atoms with Crippen LogP contribution < -0.4 is 10.9 Å². The molecule has 1 saturated heterocycles. The van der Waals surface area contributed by atoms with Gasteiger partial charge in [-0.2, -0.15) is 5.26 Å². The van der Waals surface area contributed by atoms with E-state index in [2.05, 4.69) is 16.9 Å². The largest absolute Gasteiger partial charge is 0.256 e. The van der Waals surface area contributed by atoms with E-state index in [0.29, 0.717) is 6.54 Å². The van der Waals surface area contributed by atoms with E-state index in [1.165, 1.54) is 12.1 Å². The molecule has 1 aromatic rings. The number of nitrogens with one attached hydrogen (secondary N) is 2. The van der Waals surface area contributed by atoms with Crippen molar-refractivity contribution in [2.75, 3.05) is 6.54 Å². The zero-order chi connectivity index (χ0) is 9.97. The first-order valence-corrected chi connectivity index (χ1v) is 4.45. The van der Waals surface area contributed by atoms with Crippen LogP contribution in [0.25, 0.3) is 0 Å². The SMILES string of the molecule is N#CC1CNNC1c1ccc(F)cc1. The summed E-state index contributed by atoms with van der Waals surface area (Å²) in [6.45, 7) is 0.624. The van der Waals surface area contributed by atoms with E-state index >= 15 is 0 Å². The lowest BCUT2D eigenvalue weighted by Crippen LogP contribution is -2.24. The topological polar surface area (TPSA) is 47.9 Å². The average Bonchev–Trinajstić information content (AvgIpc) is 2.67. The van der Waals surface area contributed by atoms with Crippen LogP contribution in [0.15, 0.2) is 24.3 Å². The number of benzene rings is 1. The number of hydrogen-bond donors (Lipinski definition) is 2. The molecule has 2 atom stereocenters. The van der Waals surface area contributed by atoms with Gasteiger partial charge in [0, 0.05) is 6.54 Å². The lowest BCUT2D eigenvalue weighted by molar-refractivity contribution is 0.543. The molecule has 0 bridgehead atoms. The van der Waals surface area contributed by atoms with E-state index in [4.69, 9.17) is 5.26 Å². The second-order valence-electron chi connectivity index (χ2n) is 3.29. The minimum absolute atomic E-state index is 0.0411. The van der Waals surface area contributed by atoms with Gasteiger partial charge in [-0.25, -0.2) is 9.82 Å². The van der Waals surface area contributed by atoms with E-state index in [1.54, 1.807) is 12.1 Å². The Kier molecular flexibility index (Phi) is 2.44. The molecule has 2 rings (SSSR count). The van der Waals surface area contributed by atoms with Crippen molar-refractivity contribution in [1.82, 2.24) is 10.9 Å². The Labute approximate surface area is 81.5 Å². The highest BCUT2D eigenvalue weighted by molar-refractivity contribution is 5.23. The fourth-order valence-corrected chi connectivity index (χ4v) is 1.60. The molecule has 0 spiro atoms. The van der Waals surface area contributed by atoms with Gasteiger partial charge in [0.05, 0.1) is 18.0 Å². The maximum atomic E-state index is 12.7. The predicted molar refractivity (Wildman–Crippen MR) is 49.4 cm³/mol. The van der Waals surface area contributed by atoms with E-state index in [9.17, 15) is 4.39 Å². The lowest BCUT2D eigenvalue weighted by atomic mass is 9.96. The van der Waals surface area contributed by atoms with Gasteiger partial charge in [-0.15, -0.1) is 0 Å². The molecule has 1 aromatic carbocycles. The number of hydrogen-bond acceptors (Lipinski definition) is 3. The maximum absolute atomic E-state index is 12.7. The van der Waals surface area contributed by atoms with Crippen molar-refractivity contribution in [2.45, 2.75) is 6.04 Å². The van der Waals surface area contributed by atoms with Crippen LogP contribution in [-0.2, 0) is 0 Å². The van der Waals surface area contributed by atoms with Crippen molar-refractivity contribution in [2.24, 2.45) is 5.92 Å². The molecule has 4 heteroatoms. The Morgan fingerprint density at radius 2 is 2.07 bits per heavy atom. The Bertz CT molecular complexity index is 355. The van der Waals surface area contributed by atoms with Crippen LogP contribution in [0.5, 0.6) is 0 Å². The summed E-state index contributed by atoms with van der Waals surface area (Å²) in [5.41, 5.74) is 6.85. The Balaban J connectivity index is 2.23. The van der Waals surface area contributed by atoms with Crippen molar-refractivity contribution in [3.8, 4) is 6.07 Å². The number of rotatable bonds is 1. The molecular formula is C10H10FN3. The second kappa shape index (κ2) is 3.74. The Morgan fingerprint density at radius 3 is 2.71 bits per heavy atom. The van der Waals surface area contributed by atoms with Crippen LogP contribution in [0.4, 0.5) is 4.39 Å². The summed E-state index contributed by atoms with van der Waals surface area (Å²) in [4.78, 5) is 0. The van der Waals surface area contributed by atoms with E-state index < -0.39 is 0 Å². The van der Waals surface area contributed by atoms with Gasteiger partial charge in [-0.3, -0.25) is 5.43 Å². The van der Waals surface area contributed by atoms with Gasteiger partial charge in [0.15, 0.2) is 0 Å². The molecule has 0 radical (unpaired) electrons. The highest BCUT2D eigenvalue weighted by Crippen LogP contribution is 2.23. The quantitative estimate of drug-likeness (QED) is 0.699. The van der Waals surface area contributed by atoms with Gasteiger partial charge >= 0.3 is 0 Å². The highest BCUT2D eigenvalue weighted by atomic mass is 19.1. The zero-order valence-corrected chi connectivity index (χ0v) is 7.50. The molecule has 1 aliphatic heterocycles. The van der Waals surface area contributed by atoms with Gasteiger partial charge in [0.25, 0.3) is 0 Å².